The van der Waals surface area contributed by atoms with E-state index in [4.69, 9.17) is 9.47 Å². The van der Waals surface area contributed by atoms with Gasteiger partial charge in [0.2, 0.25) is 0 Å². The zero-order chi connectivity index (χ0) is 40.9. The van der Waals surface area contributed by atoms with Crippen LogP contribution in [0.3, 0.4) is 0 Å². The maximum atomic E-state index is 11.9. The van der Waals surface area contributed by atoms with E-state index < -0.39 is 25.6 Å². The molecule has 0 unspecified atom stereocenters. The van der Waals surface area contributed by atoms with Crippen molar-refractivity contribution >= 4 is 98.1 Å². The smallest absolute Gasteiger partial charge is 0.295 e. The second-order valence-electron chi connectivity index (χ2n) is 11.8. The van der Waals surface area contributed by atoms with Gasteiger partial charge in [-0.05, 0) is 83.2 Å². The van der Waals surface area contributed by atoms with Gasteiger partial charge in [-0.2, -0.15) is 23.8 Å². The SMILES string of the molecule is COc1cc(N=Nc2c(S)cc3cc(N=Nc4ccc(O)cc4)ccc3c2O)c(OC)cc1N=Nc1ccc(C=Cc2ccc([N+](=O)[O-])cc2S(=O)(=O)O)c(S)c1. The lowest BCUT2D eigenvalue weighted by Gasteiger charge is -2.10. The van der Waals surface area contributed by atoms with Gasteiger partial charge in [0.05, 0.1) is 36.2 Å². The highest BCUT2D eigenvalue weighted by molar-refractivity contribution is 7.86. The fourth-order valence-corrected chi connectivity index (χ4v) is 6.57. The molecule has 0 aliphatic rings. The van der Waals surface area contributed by atoms with Crippen molar-refractivity contribution < 1.29 is 37.6 Å². The number of nitro groups is 1. The van der Waals surface area contributed by atoms with Crippen LogP contribution in [0.15, 0.2) is 142 Å². The Morgan fingerprint density at radius 2 is 1.23 bits per heavy atom. The van der Waals surface area contributed by atoms with Gasteiger partial charge in [0.25, 0.3) is 15.8 Å². The number of non-ortho nitro benzene ring substituents is 1. The van der Waals surface area contributed by atoms with Crippen LogP contribution in [0.2, 0.25) is 0 Å². The summed E-state index contributed by atoms with van der Waals surface area (Å²) < 4.78 is 44.4. The lowest BCUT2D eigenvalue weighted by atomic mass is 10.1. The van der Waals surface area contributed by atoms with E-state index in [0.29, 0.717) is 43.2 Å². The number of nitrogens with zero attached hydrogens (tertiary/aromatic N) is 7. The summed E-state index contributed by atoms with van der Waals surface area (Å²) in [5.74, 6) is 0.513. The molecule has 0 saturated heterocycles. The molecule has 0 radical (unpaired) electrons. The largest absolute Gasteiger partial charge is 0.508 e. The van der Waals surface area contributed by atoms with E-state index in [2.05, 4.69) is 55.9 Å². The molecule has 0 spiro atoms. The average molecular weight is 824 g/mol. The molecule has 3 N–H and O–H groups in total. The molecule has 57 heavy (non-hydrogen) atoms. The minimum absolute atomic E-state index is 0.0330. The minimum atomic E-state index is -4.75. The molecule has 0 saturated carbocycles. The molecule has 0 heterocycles. The van der Waals surface area contributed by atoms with Crippen LogP contribution in [0.25, 0.3) is 22.9 Å². The molecule has 6 aromatic carbocycles. The Bertz CT molecular complexity index is 2780. The summed E-state index contributed by atoms with van der Waals surface area (Å²) in [4.78, 5) is 10.5. The van der Waals surface area contributed by atoms with Gasteiger partial charge in [0, 0.05) is 39.4 Å². The zero-order valence-corrected chi connectivity index (χ0v) is 32.2. The normalized spacial score (nSPS) is 12.1. The Kier molecular flexibility index (Phi) is 11.9. The minimum Gasteiger partial charge on any atom is -0.508 e. The maximum Gasteiger partial charge on any atom is 0.295 e. The van der Waals surface area contributed by atoms with E-state index in [1.807, 2.05) is 0 Å². The summed E-state index contributed by atoms with van der Waals surface area (Å²) in [5, 5.41) is 58.4. The number of thiol groups is 2. The van der Waals surface area contributed by atoms with Gasteiger partial charge in [-0.3, -0.25) is 14.7 Å². The molecule has 0 fully saturated rings. The van der Waals surface area contributed by atoms with Crippen LogP contribution in [0, 0.1) is 10.1 Å². The predicted octanol–water partition coefficient (Wildman–Crippen LogP) is 11.4. The molecule has 6 rings (SSSR count). The Morgan fingerprint density at radius 1 is 0.667 bits per heavy atom. The van der Waals surface area contributed by atoms with Gasteiger partial charge in [0.15, 0.2) is 5.75 Å². The Hall–Kier alpha value is -6.67. The van der Waals surface area contributed by atoms with E-state index in [0.717, 1.165) is 12.1 Å². The third-order valence-corrected chi connectivity index (χ3v) is 9.77. The van der Waals surface area contributed by atoms with Crippen molar-refractivity contribution in [1.82, 2.24) is 0 Å². The van der Waals surface area contributed by atoms with E-state index >= 15 is 0 Å². The molecular weight excluding hydrogens is 795 g/mol. The Morgan fingerprint density at radius 3 is 1.86 bits per heavy atom. The topological polar surface area (TPSA) is 231 Å². The molecule has 0 atom stereocenters. The third-order valence-electron chi connectivity index (χ3n) is 8.13. The number of nitro benzene ring substituents is 1. The van der Waals surface area contributed by atoms with Crippen molar-refractivity contribution in [3.05, 3.63) is 118 Å². The number of benzene rings is 6. The molecule has 0 aliphatic heterocycles. The van der Waals surface area contributed by atoms with E-state index in [1.54, 1.807) is 60.7 Å². The molecule has 0 aromatic heterocycles. The second-order valence-corrected chi connectivity index (χ2v) is 14.2. The molecule has 6 aromatic rings. The average Bonchev–Trinajstić information content (AvgIpc) is 3.18. The van der Waals surface area contributed by atoms with Crippen molar-refractivity contribution in [2.24, 2.45) is 30.7 Å². The van der Waals surface area contributed by atoms with Gasteiger partial charge in [-0.15, -0.1) is 40.6 Å². The number of azo groups is 3. The summed E-state index contributed by atoms with van der Waals surface area (Å²) in [5.41, 5.74) is 2.23. The van der Waals surface area contributed by atoms with Gasteiger partial charge in [0.1, 0.15) is 39.2 Å². The lowest BCUT2D eigenvalue weighted by molar-refractivity contribution is -0.385. The van der Waals surface area contributed by atoms with E-state index in [1.165, 1.54) is 50.6 Å². The van der Waals surface area contributed by atoms with Gasteiger partial charge >= 0.3 is 0 Å². The quantitative estimate of drug-likeness (QED) is 0.0197. The number of aromatic hydroxyl groups is 2. The molecule has 0 aliphatic carbocycles. The first-order valence-corrected chi connectivity index (χ1v) is 18.6. The first-order valence-electron chi connectivity index (χ1n) is 16.3. The van der Waals surface area contributed by atoms with Crippen molar-refractivity contribution in [1.29, 1.82) is 0 Å². The monoisotopic (exact) mass is 823 g/mol. The molecule has 16 nitrogen and oxygen atoms in total. The lowest BCUT2D eigenvalue weighted by Crippen LogP contribution is -2.02. The first-order chi connectivity index (χ1) is 27.2. The number of phenolic OH excluding ortho intramolecular Hbond substituents is 2. The molecule has 0 bridgehead atoms. The van der Waals surface area contributed by atoms with E-state index in [-0.39, 0.29) is 45.6 Å². The number of phenols is 2. The van der Waals surface area contributed by atoms with Crippen LogP contribution in [0.4, 0.5) is 39.8 Å². The van der Waals surface area contributed by atoms with Crippen molar-refractivity contribution in [2.45, 2.75) is 14.7 Å². The molecular formula is C38H29N7O9S3. The third kappa shape index (κ3) is 9.42. The number of hydrogen-bond acceptors (Lipinski definition) is 16. The number of methoxy groups -OCH3 is 2. The fourth-order valence-electron chi connectivity index (χ4n) is 5.29. The van der Waals surface area contributed by atoms with Gasteiger partial charge in [-0.1, -0.05) is 18.2 Å². The number of hydrogen-bond donors (Lipinski definition) is 5. The summed E-state index contributed by atoms with van der Waals surface area (Å²) in [6, 6.07) is 24.2. The highest BCUT2D eigenvalue weighted by atomic mass is 32.2. The van der Waals surface area contributed by atoms with E-state index in [9.17, 15) is 33.3 Å². The van der Waals surface area contributed by atoms with Crippen LogP contribution < -0.4 is 9.47 Å². The van der Waals surface area contributed by atoms with Crippen molar-refractivity contribution in [3.63, 3.8) is 0 Å². The maximum absolute atomic E-state index is 11.9. The van der Waals surface area contributed by atoms with Crippen LogP contribution in [-0.2, 0) is 10.1 Å². The predicted molar refractivity (Wildman–Crippen MR) is 219 cm³/mol. The number of fused-ring (bicyclic) bond motifs is 1. The molecule has 0 amide bonds. The Labute approximate surface area is 335 Å². The van der Waals surface area contributed by atoms with Crippen LogP contribution in [0.5, 0.6) is 23.0 Å². The van der Waals surface area contributed by atoms with Crippen LogP contribution in [-0.4, -0.2) is 42.3 Å². The Balaban J connectivity index is 1.21. The van der Waals surface area contributed by atoms with Crippen molar-refractivity contribution in [3.8, 4) is 23.0 Å². The fraction of sp³-hybridized carbons (Fsp3) is 0.0526. The highest BCUT2D eigenvalue weighted by Crippen LogP contribution is 2.45. The summed E-state index contributed by atoms with van der Waals surface area (Å²) in [7, 11) is -1.88. The molecule has 288 valence electrons. The summed E-state index contributed by atoms with van der Waals surface area (Å²) in [6.45, 7) is 0. The first kappa shape index (κ1) is 40.0. The summed E-state index contributed by atoms with van der Waals surface area (Å²) in [6.07, 6.45) is 2.91. The van der Waals surface area contributed by atoms with Gasteiger partial charge in [-0.25, -0.2) is 0 Å². The highest BCUT2D eigenvalue weighted by Gasteiger charge is 2.19. The number of rotatable bonds is 12. The molecule has 19 heteroatoms. The standard InChI is InChI=1S/C38H29N7O9S3/c1-53-32-20-31(43-44-37-35(56)16-23-15-25(10-14-29(23)38(37)47)40-39-24-8-12-28(46)13-9-24)33(54-2)19-30(32)42-41-26-7-5-21(34(55)17-26)3-4-22-6-11-27(45(48)49)18-36(22)57(50,51)52/h3-20,46-47,55-56H,1-2H3,(H,50,51,52). The zero-order valence-electron chi connectivity index (χ0n) is 29.6. The second kappa shape index (κ2) is 17.0. The summed E-state index contributed by atoms with van der Waals surface area (Å²) >= 11 is 9.04. The van der Waals surface area contributed by atoms with Crippen LogP contribution in [0.1, 0.15) is 11.1 Å². The number of ether oxygens (including phenoxy) is 2. The van der Waals surface area contributed by atoms with Crippen molar-refractivity contribution in [2.75, 3.05) is 14.2 Å². The van der Waals surface area contributed by atoms with Crippen LogP contribution >= 0.6 is 25.3 Å². The van der Waals surface area contributed by atoms with Gasteiger partial charge < -0.3 is 19.7 Å².